The molecule has 0 saturated heterocycles. The lowest BCUT2D eigenvalue weighted by molar-refractivity contribution is 0.00460. The monoisotopic (exact) mass is 259 g/mol. The Morgan fingerprint density at radius 3 is 2.50 bits per heavy atom. The Morgan fingerprint density at radius 1 is 1.22 bits per heavy atom. The summed E-state index contributed by atoms with van der Waals surface area (Å²) in [6.07, 6.45) is 4.84. The van der Waals surface area contributed by atoms with Gasteiger partial charge in [-0.1, -0.05) is 13.3 Å². The van der Waals surface area contributed by atoms with Crippen molar-refractivity contribution in [3.05, 3.63) is 0 Å². The number of hydrogen-bond donors (Lipinski definition) is 2. The van der Waals surface area contributed by atoms with Crippen molar-refractivity contribution in [2.75, 3.05) is 39.5 Å². The minimum atomic E-state index is -0.416. The minimum Gasteiger partial charge on any atom is -0.389 e. The molecule has 1 aliphatic rings. The standard InChI is InChI=1S/C14H29NO3/c1-3-14(6-5-7-14)12-15-10-13(16)11-18-9-8-17-4-2/h13,15-16H,3-12H2,1-2H3. The summed E-state index contributed by atoms with van der Waals surface area (Å²) in [6, 6.07) is 0. The van der Waals surface area contributed by atoms with Crippen LogP contribution >= 0.6 is 0 Å². The van der Waals surface area contributed by atoms with Crippen LogP contribution in [0.15, 0.2) is 0 Å². The molecule has 1 fully saturated rings. The maximum Gasteiger partial charge on any atom is 0.0897 e. The molecule has 2 N–H and O–H groups in total. The van der Waals surface area contributed by atoms with Gasteiger partial charge in [-0.3, -0.25) is 0 Å². The second kappa shape index (κ2) is 8.86. The number of nitrogens with one attached hydrogen (secondary N) is 1. The lowest BCUT2D eigenvalue weighted by Gasteiger charge is -2.41. The van der Waals surface area contributed by atoms with Gasteiger partial charge in [0.2, 0.25) is 0 Å². The van der Waals surface area contributed by atoms with Crippen LogP contribution in [-0.2, 0) is 9.47 Å². The van der Waals surface area contributed by atoms with Crippen LogP contribution in [0.4, 0.5) is 0 Å². The number of aliphatic hydroxyl groups is 1. The predicted octanol–water partition coefficient (Wildman–Crippen LogP) is 1.57. The molecule has 1 saturated carbocycles. The minimum absolute atomic E-state index is 0.388. The second-order valence-corrected chi connectivity index (χ2v) is 5.26. The van der Waals surface area contributed by atoms with Crippen molar-refractivity contribution >= 4 is 0 Å². The number of aliphatic hydroxyl groups excluding tert-OH is 1. The highest BCUT2D eigenvalue weighted by Crippen LogP contribution is 2.42. The SMILES string of the molecule is CCOCCOCC(O)CNCC1(CC)CCC1. The molecule has 1 rings (SSSR count). The van der Waals surface area contributed by atoms with Crippen molar-refractivity contribution in [1.29, 1.82) is 0 Å². The average molecular weight is 259 g/mol. The highest BCUT2D eigenvalue weighted by molar-refractivity contribution is 4.88. The van der Waals surface area contributed by atoms with Gasteiger partial charge in [-0.15, -0.1) is 0 Å². The van der Waals surface area contributed by atoms with Crippen LogP contribution in [0.3, 0.4) is 0 Å². The van der Waals surface area contributed by atoms with E-state index in [2.05, 4.69) is 12.2 Å². The molecule has 0 aromatic rings. The zero-order valence-electron chi connectivity index (χ0n) is 11.9. The zero-order valence-corrected chi connectivity index (χ0v) is 11.9. The molecule has 0 heterocycles. The third-order valence-corrected chi connectivity index (χ3v) is 3.93. The van der Waals surface area contributed by atoms with E-state index in [4.69, 9.17) is 9.47 Å². The summed E-state index contributed by atoms with van der Waals surface area (Å²) < 4.78 is 10.5. The van der Waals surface area contributed by atoms with Crippen molar-refractivity contribution < 1.29 is 14.6 Å². The van der Waals surface area contributed by atoms with Crippen molar-refractivity contribution in [2.24, 2.45) is 5.41 Å². The molecule has 1 aliphatic carbocycles. The van der Waals surface area contributed by atoms with Gasteiger partial charge in [-0.05, 0) is 31.6 Å². The van der Waals surface area contributed by atoms with Gasteiger partial charge in [-0.2, -0.15) is 0 Å². The Bertz CT molecular complexity index is 202. The number of rotatable bonds is 11. The fraction of sp³-hybridized carbons (Fsp3) is 1.00. The molecule has 0 bridgehead atoms. The van der Waals surface area contributed by atoms with E-state index in [0.29, 0.717) is 38.4 Å². The van der Waals surface area contributed by atoms with E-state index in [-0.39, 0.29) is 0 Å². The second-order valence-electron chi connectivity index (χ2n) is 5.26. The largest absolute Gasteiger partial charge is 0.389 e. The highest BCUT2D eigenvalue weighted by Gasteiger charge is 2.34. The molecule has 0 aromatic heterocycles. The van der Waals surface area contributed by atoms with E-state index in [0.717, 1.165) is 6.54 Å². The van der Waals surface area contributed by atoms with Crippen molar-refractivity contribution in [2.45, 2.75) is 45.6 Å². The van der Waals surface area contributed by atoms with Gasteiger partial charge in [0, 0.05) is 19.7 Å². The summed E-state index contributed by atoms with van der Waals surface area (Å²) in [7, 11) is 0. The Hall–Kier alpha value is -0.160. The first-order valence-corrected chi connectivity index (χ1v) is 7.26. The van der Waals surface area contributed by atoms with E-state index in [1.807, 2.05) is 6.92 Å². The summed E-state index contributed by atoms with van der Waals surface area (Å²) in [4.78, 5) is 0. The molecule has 0 aliphatic heterocycles. The van der Waals surface area contributed by atoms with Gasteiger partial charge < -0.3 is 19.9 Å². The molecule has 1 unspecified atom stereocenters. The fourth-order valence-corrected chi connectivity index (χ4v) is 2.38. The van der Waals surface area contributed by atoms with Gasteiger partial charge in [0.1, 0.15) is 0 Å². The number of hydrogen-bond acceptors (Lipinski definition) is 4. The summed E-state index contributed by atoms with van der Waals surface area (Å²) in [5.74, 6) is 0. The molecule has 4 heteroatoms. The van der Waals surface area contributed by atoms with Crippen LogP contribution in [-0.4, -0.2) is 50.7 Å². The molecule has 4 nitrogen and oxygen atoms in total. The van der Waals surface area contributed by atoms with Crippen LogP contribution in [0.25, 0.3) is 0 Å². The van der Waals surface area contributed by atoms with E-state index in [9.17, 15) is 5.11 Å². The Morgan fingerprint density at radius 2 is 1.94 bits per heavy atom. The third kappa shape index (κ3) is 5.65. The Kier molecular flexibility index (Phi) is 7.82. The average Bonchev–Trinajstić information content (AvgIpc) is 2.32. The van der Waals surface area contributed by atoms with E-state index >= 15 is 0 Å². The molecule has 0 spiro atoms. The maximum atomic E-state index is 9.74. The third-order valence-electron chi connectivity index (χ3n) is 3.93. The molecule has 0 amide bonds. The lowest BCUT2D eigenvalue weighted by atomic mass is 9.67. The Balaban J connectivity index is 1.94. The van der Waals surface area contributed by atoms with Crippen LogP contribution in [0, 0.1) is 5.41 Å². The van der Waals surface area contributed by atoms with Gasteiger partial charge >= 0.3 is 0 Å². The normalized spacial score (nSPS) is 19.5. The maximum absolute atomic E-state index is 9.74. The summed E-state index contributed by atoms with van der Waals surface area (Å²) in [6.45, 7) is 8.14. The molecular weight excluding hydrogens is 230 g/mol. The van der Waals surface area contributed by atoms with Gasteiger partial charge in [-0.25, -0.2) is 0 Å². The molecule has 0 radical (unpaired) electrons. The van der Waals surface area contributed by atoms with Crippen LogP contribution in [0.2, 0.25) is 0 Å². The molecule has 1 atom stereocenters. The molecule has 18 heavy (non-hydrogen) atoms. The summed E-state index contributed by atoms with van der Waals surface area (Å²) >= 11 is 0. The molecule has 108 valence electrons. The molecule has 0 aromatic carbocycles. The lowest BCUT2D eigenvalue weighted by Crippen LogP contribution is -2.42. The van der Waals surface area contributed by atoms with Crippen molar-refractivity contribution in [1.82, 2.24) is 5.32 Å². The first-order valence-electron chi connectivity index (χ1n) is 7.26. The van der Waals surface area contributed by atoms with Crippen LogP contribution in [0.5, 0.6) is 0 Å². The predicted molar refractivity (Wildman–Crippen MR) is 72.8 cm³/mol. The van der Waals surface area contributed by atoms with Crippen molar-refractivity contribution in [3.8, 4) is 0 Å². The zero-order chi connectivity index (χ0) is 13.3. The highest BCUT2D eigenvalue weighted by atomic mass is 16.5. The van der Waals surface area contributed by atoms with Crippen molar-refractivity contribution in [3.63, 3.8) is 0 Å². The number of ether oxygens (including phenoxy) is 2. The van der Waals surface area contributed by atoms with E-state index in [1.165, 1.54) is 25.7 Å². The topological polar surface area (TPSA) is 50.7 Å². The first-order chi connectivity index (χ1) is 8.72. The van der Waals surface area contributed by atoms with E-state index < -0.39 is 6.10 Å². The van der Waals surface area contributed by atoms with E-state index in [1.54, 1.807) is 0 Å². The fourth-order valence-electron chi connectivity index (χ4n) is 2.38. The molecular formula is C14H29NO3. The first kappa shape index (κ1) is 15.9. The smallest absolute Gasteiger partial charge is 0.0897 e. The van der Waals surface area contributed by atoms with Gasteiger partial charge in [0.15, 0.2) is 0 Å². The van der Waals surface area contributed by atoms with Crippen LogP contribution < -0.4 is 5.32 Å². The van der Waals surface area contributed by atoms with Gasteiger partial charge in [0.05, 0.1) is 25.9 Å². The summed E-state index contributed by atoms with van der Waals surface area (Å²) in [5, 5.41) is 13.1. The Labute approximate surface area is 111 Å². The van der Waals surface area contributed by atoms with Crippen LogP contribution in [0.1, 0.15) is 39.5 Å². The quantitative estimate of drug-likeness (QED) is 0.553. The summed E-state index contributed by atoms with van der Waals surface area (Å²) in [5.41, 5.74) is 0.509. The van der Waals surface area contributed by atoms with Gasteiger partial charge in [0.25, 0.3) is 0 Å².